The highest BCUT2D eigenvalue weighted by Crippen LogP contribution is 2.24. The molecule has 1 N–H and O–H groups in total. The van der Waals surface area contributed by atoms with E-state index >= 15 is 0 Å². The van der Waals surface area contributed by atoms with Crippen LogP contribution in [0.4, 0.5) is 0 Å². The number of sulfonamides is 1. The SMILES string of the molecule is CCCCN(CC)S(=O)(=O)c1cc(CNCC)cs1. The lowest BCUT2D eigenvalue weighted by Gasteiger charge is -2.18. The molecule has 0 unspecified atom stereocenters. The zero-order chi connectivity index (χ0) is 14.3. The number of unbranched alkanes of at least 4 members (excludes halogenated alkanes) is 1. The van der Waals surface area contributed by atoms with Gasteiger partial charge in [0.1, 0.15) is 4.21 Å². The maximum Gasteiger partial charge on any atom is 0.252 e. The van der Waals surface area contributed by atoms with Gasteiger partial charge >= 0.3 is 0 Å². The van der Waals surface area contributed by atoms with Gasteiger partial charge in [-0.1, -0.05) is 27.2 Å². The van der Waals surface area contributed by atoms with Gasteiger partial charge in [0.2, 0.25) is 0 Å². The summed E-state index contributed by atoms with van der Waals surface area (Å²) >= 11 is 1.31. The quantitative estimate of drug-likeness (QED) is 0.763. The van der Waals surface area contributed by atoms with Gasteiger partial charge in [-0.15, -0.1) is 11.3 Å². The van der Waals surface area contributed by atoms with Gasteiger partial charge in [0.15, 0.2) is 0 Å². The number of rotatable bonds is 9. The second-order valence-corrected chi connectivity index (χ2v) is 7.48. The van der Waals surface area contributed by atoms with Crippen molar-refractivity contribution >= 4 is 21.4 Å². The van der Waals surface area contributed by atoms with E-state index in [1.54, 1.807) is 10.4 Å². The first-order valence-electron chi connectivity index (χ1n) is 6.84. The van der Waals surface area contributed by atoms with E-state index in [0.717, 1.165) is 31.5 Å². The Bertz CT molecular complexity index is 469. The molecule has 1 aromatic rings. The molecule has 1 rings (SSSR count). The molecule has 0 fully saturated rings. The monoisotopic (exact) mass is 304 g/mol. The standard InChI is InChI=1S/C13H24N2O2S2/c1-4-7-8-15(6-3)19(16,17)13-9-12(11-18-13)10-14-5-2/h9,11,14H,4-8,10H2,1-3H3. The molecule has 110 valence electrons. The minimum atomic E-state index is -3.30. The molecular formula is C13H24N2O2S2. The van der Waals surface area contributed by atoms with Crippen molar-refractivity contribution < 1.29 is 8.42 Å². The smallest absolute Gasteiger partial charge is 0.252 e. The van der Waals surface area contributed by atoms with Crippen molar-refractivity contribution in [2.45, 2.75) is 44.4 Å². The highest BCUT2D eigenvalue weighted by atomic mass is 32.2. The van der Waals surface area contributed by atoms with Crippen molar-refractivity contribution in [3.63, 3.8) is 0 Å². The van der Waals surface area contributed by atoms with Crippen LogP contribution < -0.4 is 5.32 Å². The Morgan fingerprint density at radius 3 is 2.63 bits per heavy atom. The van der Waals surface area contributed by atoms with Crippen LogP contribution >= 0.6 is 11.3 Å². The zero-order valence-corrected chi connectivity index (χ0v) is 13.6. The Labute approximate surface area is 120 Å². The summed E-state index contributed by atoms with van der Waals surface area (Å²) in [5, 5.41) is 5.12. The molecular weight excluding hydrogens is 280 g/mol. The van der Waals surface area contributed by atoms with E-state index in [1.165, 1.54) is 11.3 Å². The number of nitrogens with one attached hydrogen (secondary N) is 1. The van der Waals surface area contributed by atoms with E-state index in [4.69, 9.17) is 0 Å². The number of hydrogen-bond donors (Lipinski definition) is 1. The van der Waals surface area contributed by atoms with E-state index in [2.05, 4.69) is 12.2 Å². The summed E-state index contributed by atoms with van der Waals surface area (Å²) in [6, 6.07) is 1.79. The summed E-state index contributed by atoms with van der Waals surface area (Å²) in [5.41, 5.74) is 1.04. The highest BCUT2D eigenvalue weighted by molar-refractivity contribution is 7.91. The first-order valence-corrected chi connectivity index (χ1v) is 9.16. The summed E-state index contributed by atoms with van der Waals surface area (Å²) in [6.07, 6.45) is 1.91. The molecule has 6 heteroatoms. The van der Waals surface area contributed by atoms with Crippen LogP contribution in [0.1, 0.15) is 39.2 Å². The second-order valence-electron chi connectivity index (χ2n) is 4.40. The van der Waals surface area contributed by atoms with Gasteiger partial charge in [-0.2, -0.15) is 4.31 Å². The topological polar surface area (TPSA) is 49.4 Å². The third kappa shape index (κ3) is 4.56. The largest absolute Gasteiger partial charge is 0.313 e. The molecule has 0 atom stereocenters. The van der Waals surface area contributed by atoms with Gasteiger partial charge in [0.05, 0.1) is 0 Å². The molecule has 4 nitrogen and oxygen atoms in total. The lowest BCUT2D eigenvalue weighted by atomic mass is 10.3. The summed E-state index contributed by atoms with van der Waals surface area (Å²) in [4.78, 5) is 0. The zero-order valence-electron chi connectivity index (χ0n) is 12.0. The van der Waals surface area contributed by atoms with Crippen LogP contribution in [0.25, 0.3) is 0 Å². The van der Waals surface area contributed by atoms with E-state index in [0.29, 0.717) is 17.3 Å². The minimum Gasteiger partial charge on any atom is -0.313 e. The van der Waals surface area contributed by atoms with Crippen molar-refractivity contribution in [1.29, 1.82) is 0 Å². The fourth-order valence-corrected chi connectivity index (χ4v) is 4.61. The van der Waals surface area contributed by atoms with Crippen LogP contribution in [0.5, 0.6) is 0 Å². The third-order valence-corrected chi connectivity index (χ3v) is 6.35. The highest BCUT2D eigenvalue weighted by Gasteiger charge is 2.24. The van der Waals surface area contributed by atoms with Crippen LogP contribution in [0.15, 0.2) is 15.7 Å². The second kappa shape index (κ2) is 7.99. The fraction of sp³-hybridized carbons (Fsp3) is 0.692. The van der Waals surface area contributed by atoms with Crippen LogP contribution in [0, 0.1) is 0 Å². The van der Waals surface area contributed by atoms with Crippen molar-refractivity contribution in [2.24, 2.45) is 0 Å². The van der Waals surface area contributed by atoms with Crippen LogP contribution in [-0.4, -0.2) is 32.4 Å². The van der Waals surface area contributed by atoms with Gasteiger partial charge < -0.3 is 5.32 Å². The summed E-state index contributed by atoms with van der Waals surface area (Å²) < 4.78 is 27.0. The Balaban J connectivity index is 2.82. The normalized spacial score (nSPS) is 12.2. The number of nitrogens with zero attached hydrogens (tertiary/aromatic N) is 1. The van der Waals surface area contributed by atoms with E-state index in [1.807, 2.05) is 19.2 Å². The molecule has 0 aliphatic carbocycles. The molecule has 0 radical (unpaired) electrons. The first-order chi connectivity index (χ1) is 9.06. The maximum atomic E-state index is 12.5. The molecule has 0 amide bonds. The van der Waals surface area contributed by atoms with Crippen LogP contribution in [0.3, 0.4) is 0 Å². The van der Waals surface area contributed by atoms with Gasteiger partial charge in [-0.3, -0.25) is 0 Å². The number of hydrogen-bond acceptors (Lipinski definition) is 4. The molecule has 0 saturated heterocycles. The Morgan fingerprint density at radius 1 is 1.32 bits per heavy atom. The lowest BCUT2D eigenvalue weighted by Crippen LogP contribution is -2.31. The van der Waals surface area contributed by atoms with E-state index < -0.39 is 10.0 Å². The average molecular weight is 304 g/mol. The molecule has 0 aliphatic rings. The molecule has 0 saturated carbocycles. The molecule has 0 bridgehead atoms. The Hall–Kier alpha value is -0.430. The van der Waals surface area contributed by atoms with Crippen molar-refractivity contribution in [1.82, 2.24) is 9.62 Å². The predicted molar refractivity (Wildman–Crippen MR) is 81.0 cm³/mol. The summed E-state index contributed by atoms with van der Waals surface area (Å²) in [6.45, 7) is 8.74. The molecule has 0 aliphatic heterocycles. The van der Waals surface area contributed by atoms with Crippen molar-refractivity contribution in [3.05, 3.63) is 17.0 Å². The van der Waals surface area contributed by atoms with Crippen molar-refractivity contribution in [3.8, 4) is 0 Å². The maximum absolute atomic E-state index is 12.5. The van der Waals surface area contributed by atoms with Gasteiger partial charge in [0, 0.05) is 19.6 Å². The first kappa shape index (κ1) is 16.6. The third-order valence-electron chi connectivity index (χ3n) is 2.92. The summed E-state index contributed by atoms with van der Waals surface area (Å²) in [7, 11) is -3.30. The molecule has 1 heterocycles. The van der Waals surface area contributed by atoms with Crippen molar-refractivity contribution in [2.75, 3.05) is 19.6 Å². The Kier molecular flexibility index (Phi) is 6.99. The molecule has 0 aromatic carbocycles. The van der Waals surface area contributed by atoms with Crippen LogP contribution in [0.2, 0.25) is 0 Å². The fourth-order valence-electron chi connectivity index (χ4n) is 1.76. The minimum absolute atomic E-state index is 0.457. The lowest BCUT2D eigenvalue weighted by molar-refractivity contribution is 0.420. The van der Waals surface area contributed by atoms with Crippen LogP contribution in [-0.2, 0) is 16.6 Å². The van der Waals surface area contributed by atoms with E-state index in [-0.39, 0.29) is 0 Å². The average Bonchev–Trinajstić information content (AvgIpc) is 2.86. The predicted octanol–water partition coefficient (Wildman–Crippen LogP) is 2.67. The Morgan fingerprint density at radius 2 is 2.05 bits per heavy atom. The van der Waals surface area contributed by atoms with Gasteiger partial charge in [-0.25, -0.2) is 8.42 Å². The summed E-state index contributed by atoms with van der Waals surface area (Å²) in [5.74, 6) is 0. The molecule has 1 aromatic heterocycles. The molecule has 19 heavy (non-hydrogen) atoms. The van der Waals surface area contributed by atoms with Gasteiger partial charge in [-0.05, 0) is 30.0 Å². The van der Waals surface area contributed by atoms with E-state index in [9.17, 15) is 8.42 Å². The molecule has 0 spiro atoms. The number of thiophene rings is 1. The van der Waals surface area contributed by atoms with Gasteiger partial charge in [0.25, 0.3) is 10.0 Å².